The Morgan fingerprint density at radius 2 is 1.53 bits per heavy atom. The molecule has 3 heteroatoms. The van der Waals surface area contributed by atoms with Gasteiger partial charge in [-0.3, -0.25) is 9.59 Å². The third kappa shape index (κ3) is 0.959. The second-order valence-corrected chi connectivity index (χ2v) is 5.04. The molecule has 0 aromatic carbocycles. The fourth-order valence-corrected chi connectivity index (χ4v) is 3.79. The highest BCUT2D eigenvalue weighted by Crippen LogP contribution is 2.59. The lowest BCUT2D eigenvalue weighted by Gasteiger charge is -2.16. The second-order valence-electron chi connectivity index (χ2n) is 5.04. The Labute approximate surface area is 88.5 Å². The van der Waals surface area contributed by atoms with Gasteiger partial charge in [-0.25, -0.2) is 0 Å². The van der Waals surface area contributed by atoms with Gasteiger partial charge in [0, 0.05) is 0 Å². The number of hydrogen-bond donors (Lipinski definition) is 0. The summed E-state index contributed by atoms with van der Waals surface area (Å²) in [7, 11) is 0. The summed E-state index contributed by atoms with van der Waals surface area (Å²) >= 11 is 0. The Morgan fingerprint density at radius 1 is 1.07 bits per heavy atom. The summed E-state index contributed by atoms with van der Waals surface area (Å²) in [6, 6.07) is 0. The summed E-state index contributed by atoms with van der Waals surface area (Å²) in [6.45, 7) is 4.16. The summed E-state index contributed by atoms with van der Waals surface area (Å²) in [5.74, 6) is -0.276. The molecular weight excluding hydrogens is 192 g/mol. The van der Waals surface area contributed by atoms with Gasteiger partial charge in [-0.2, -0.15) is 0 Å². The Kier molecular flexibility index (Phi) is 1.65. The number of fused-ring (bicyclic) bond motifs is 5. The maximum Gasteiger partial charge on any atom is 0.318 e. The smallest absolute Gasteiger partial charge is 0.318 e. The van der Waals surface area contributed by atoms with Crippen LogP contribution in [-0.4, -0.2) is 11.9 Å². The maximum atomic E-state index is 11.6. The normalized spacial score (nSPS) is 42.1. The lowest BCUT2D eigenvalue weighted by Crippen LogP contribution is -2.24. The van der Waals surface area contributed by atoms with Crippen LogP contribution in [-0.2, 0) is 14.3 Å². The first-order valence-electron chi connectivity index (χ1n) is 5.54. The van der Waals surface area contributed by atoms with E-state index in [1.165, 1.54) is 11.1 Å². The summed E-state index contributed by atoms with van der Waals surface area (Å²) in [6.07, 6.45) is 2.10. The van der Waals surface area contributed by atoms with E-state index in [1.807, 2.05) is 0 Å². The number of rotatable bonds is 0. The molecule has 1 heterocycles. The van der Waals surface area contributed by atoms with Crippen molar-refractivity contribution >= 4 is 11.9 Å². The first-order chi connectivity index (χ1) is 7.11. The highest BCUT2D eigenvalue weighted by Gasteiger charge is 2.62. The summed E-state index contributed by atoms with van der Waals surface area (Å²) in [5.41, 5.74) is 2.66. The molecule has 0 spiro atoms. The lowest BCUT2D eigenvalue weighted by atomic mass is 9.81. The average molecular weight is 206 g/mol. The third-order valence-corrected chi connectivity index (χ3v) is 4.16. The van der Waals surface area contributed by atoms with Crippen molar-refractivity contribution in [2.24, 2.45) is 23.7 Å². The molecule has 80 valence electrons. The number of allylic oxidation sites excluding steroid dienone is 2. The van der Waals surface area contributed by atoms with Gasteiger partial charge in [-0.05, 0) is 38.5 Å². The zero-order chi connectivity index (χ0) is 10.7. The fourth-order valence-electron chi connectivity index (χ4n) is 3.79. The van der Waals surface area contributed by atoms with Gasteiger partial charge < -0.3 is 4.74 Å². The molecule has 0 radical (unpaired) electrons. The van der Waals surface area contributed by atoms with Crippen molar-refractivity contribution in [1.82, 2.24) is 0 Å². The van der Waals surface area contributed by atoms with Crippen LogP contribution < -0.4 is 0 Å². The maximum absolute atomic E-state index is 11.6. The SMILES string of the molecule is CC(C)=C1[C@H]2CC[C@@H]1[C@@H]1C(=O)OC(=O)[C@@H]12. The Morgan fingerprint density at radius 3 is 1.93 bits per heavy atom. The van der Waals surface area contributed by atoms with Gasteiger partial charge in [0.2, 0.25) is 0 Å². The van der Waals surface area contributed by atoms with Crippen molar-refractivity contribution in [2.75, 3.05) is 0 Å². The van der Waals surface area contributed by atoms with Crippen molar-refractivity contribution < 1.29 is 14.3 Å². The minimum Gasteiger partial charge on any atom is -0.393 e. The van der Waals surface area contributed by atoms with Gasteiger partial charge in [-0.15, -0.1) is 0 Å². The Bertz CT molecular complexity index is 360. The Hall–Kier alpha value is -1.12. The van der Waals surface area contributed by atoms with Crippen molar-refractivity contribution in [3.05, 3.63) is 11.1 Å². The van der Waals surface area contributed by atoms with Gasteiger partial charge in [0.15, 0.2) is 0 Å². The van der Waals surface area contributed by atoms with E-state index in [1.54, 1.807) is 0 Å². The van der Waals surface area contributed by atoms with Crippen molar-refractivity contribution in [3.8, 4) is 0 Å². The average Bonchev–Trinajstić information content (AvgIpc) is 2.77. The lowest BCUT2D eigenvalue weighted by molar-refractivity contribution is -0.154. The largest absolute Gasteiger partial charge is 0.393 e. The molecule has 4 atom stereocenters. The van der Waals surface area contributed by atoms with Crippen LogP contribution in [0.2, 0.25) is 0 Å². The molecule has 3 nitrogen and oxygen atoms in total. The Balaban J connectivity index is 2.10. The quantitative estimate of drug-likeness (QED) is 0.344. The van der Waals surface area contributed by atoms with Crippen LogP contribution in [0, 0.1) is 23.7 Å². The predicted molar refractivity (Wildman–Crippen MR) is 52.7 cm³/mol. The highest BCUT2D eigenvalue weighted by atomic mass is 16.6. The number of esters is 2. The topological polar surface area (TPSA) is 43.4 Å². The number of hydrogen-bond acceptors (Lipinski definition) is 3. The first kappa shape index (κ1) is 9.13. The molecule has 2 bridgehead atoms. The summed E-state index contributed by atoms with van der Waals surface area (Å²) in [5, 5.41) is 0. The molecule has 1 aliphatic heterocycles. The molecule has 3 rings (SSSR count). The van der Waals surface area contributed by atoms with Gasteiger partial charge in [0.1, 0.15) is 0 Å². The predicted octanol–water partition coefficient (Wildman–Crippen LogP) is 1.68. The molecule has 0 aromatic heterocycles. The van der Waals surface area contributed by atoms with Crippen LogP contribution in [0.1, 0.15) is 26.7 Å². The fraction of sp³-hybridized carbons (Fsp3) is 0.667. The minimum absolute atomic E-state index is 0.152. The van der Waals surface area contributed by atoms with Crippen LogP contribution in [0.5, 0.6) is 0 Å². The number of ether oxygens (including phenoxy) is 1. The molecule has 3 aliphatic rings. The van der Waals surface area contributed by atoms with Crippen LogP contribution in [0.4, 0.5) is 0 Å². The number of cyclic esters (lactones) is 2. The van der Waals surface area contributed by atoms with E-state index in [0.717, 1.165) is 12.8 Å². The molecule has 0 aromatic rings. The second kappa shape index (κ2) is 2.71. The third-order valence-electron chi connectivity index (χ3n) is 4.16. The highest BCUT2D eigenvalue weighted by molar-refractivity contribution is 5.98. The standard InChI is InChI=1S/C12H14O3/c1-5(2)8-6-3-4-7(8)10-9(6)11(13)15-12(10)14/h6-7,9-10H,3-4H2,1-2H3/t6-,7+,9-,10+. The molecule has 0 N–H and O–H groups in total. The van der Waals surface area contributed by atoms with E-state index in [0.29, 0.717) is 11.8 Å². The molecule has 1 saturated heterocycles. The van der Waals surface area contributed by atoms with Crippen LogP contribution >= 0.6 is 0 Å². The van der Waals surface area contributed by atoms with Crippen molar-refractivity contribution in [2.45, 2.75) is 26.7 Å². The zero-order valence-electron chi connectivity index (χ0n) is 8.95. The molecule has 0 amide bonds. The van der Waals surface area contributed by atoms with Gasteiger partial charge in [-0.1, -0.05) is 11.1 Å². The monoisotopic (exact) mass is 206 g/mol. The molecule has 2 aliphatic carbocycles. The molecule has 15 heavy (non-hydrogen) atoms. The van der Waals surface area contributed by atoms with Crippen molar-refractivity contribution in [1.29, 1.82) is 0 Å². The summed E-state index contributed by atoms with van der Waals surface area (Å²) < 4.78 is 4.74. The minimum atomic E-state index is -0.282. The summed E-state index contributed by atoms with van der Waals surface area (Å²) in [4.78, 5) is 23.1. The van der Waals surface area contributed by atoms with E-state index < -0.39 is 0 Å². The van der Waals surface area contributed by atoms with E-state index in [2.05, 4.69) is 13.8 Å². The molecule has 3 fully saturated rings. The van der Waals surface area contributed by atoms with E-state index in [-0.39, 0.29) is 23.8 Å². The van der Waals surface area contributed by atoms with E-state index in [4.69, 9.17) is 4.74 Å². The van der Waals surface area contributed by atoms with Crippen LogP contribution in [0.3, 0.4) is 0 Å². The number of carbonyl (C=O) groups excluding carboxylic acids is 2. The van der Waals surface area contributed by atoms with Gasteiger partial charge >= 0.3 is 11.9 Å². The number of carbonyl (C=O) groups is 2. The van der Waals surface area contributed by atoms with Crippen molar-refractivity contribution in [3.63, 3.8) is 0 Å². The van der Waals surface area contributed by atoms with Gasteiger partial charge in [0.05, 0.1) is 11.8 Å². The van der Waals surface area contributed by atoms with E-state index in [9.17, 15) is 9.59 Å². The van der Waals surface area contributed by atoms with E-state index >= 15 is 0 Å². The molecular formula is C12H14O3. The first-order valence-corrected chi connectivity index (χ1v) is 5.54. The van der Waals surface area contributed by atoms with Crippen LogP contribution in [0.25, 0.3) is 0 Å². The molecule has 2 saturated carbocycles. The molecule has 0 unspecified atom stereocenters. The zero-order valence-corrected chi connectivity index (χ0v) is 8.95. The van der Waals surface area contributed by atoms with Crippen LogP contribution in [0.15, 0.2) is 11.1 Å². The van der Waals surface area contributed by atoms with Gasteiger partial charge in [0.25, 0.3) is 0 Å².